The zero-order valence-electron chi connectivity index (χ0n) is 18.1. The summed E-state index contributed by atoms with van der Waals surface area (Å²) in [4.78, 5) is 33.4. The lowest BCUT2D eigenvalue weighted by atomic mass is 10.1. The Bertz CT molecular complexity index is 1380. The zero-order valence-corrected chi connectivity index (χ0v) is 18.9. The van der Waals surface area contributed by atoms with Crippen molar-refractivity contribution in [2.75, 3.05) is 26.2 Å². The number of H-pyrrole nitrogens is 1. The Labute approximate surface area is 195 Å². The highest BCUT2D eigenvalue weighted by atomic mass is 32.1. The fraction of sp³-hybridized carbons (Fsp3) is 0.240. The van der Waals surface area contributed by atoms with Crippen LogP contribution < -0.4 is 5.56 Å². The van der Waals surface area contributed by atoms with Crippen LogP contribution in [0, 0.1) is 4.77 Å². The van der Waals surface area contributed by atoms with E-state index >= 15 is 0 Å². The van der Waals surface area contributed by atoms with E-state index in [1.165, 1.54) is 10.1 Å². The molecular weight excluding hydrogens is 436 g/mol. The van der Waals surface area contributed by atoms with Crippen LogP contribution in [-0.2, 0) is 13.1 Å². The van der Waals surface area contributed by atoms with Crippen molar-refractivity contribution in [3.63, 3.8) is 0 Å². The van der Waals surface area contributed by atoms with Crippen LogP contribution in [0.2, 0.25) is 0 Å². The summed E-state index contributed by atoms with van der Waals surface area (Å²) in [6.07, 6.45) is 1.56. The van der Waals surface area contributed by atoms with E-state index < -0.39 is 0 Å². The van der Waals surface area contributed by atoms with Crippen molar-refractivity contribution in [2.24, 2.45) is 0 Å². The van der Waals surface area contributed by atoms with Crippen LogP contribution in [0.15, 0.2) is 76.1 Å². The van der Waals surface area contributed by atoms with Crippen molar-refractivity contribution in [2.45, 2.75) is 13.1 Å². The fourth-order valence-corrected chi connectivity index (χ4v) is 4.48. The van der Waals surface area contributed by atoms with Gasteiger partial charge in [0.15, 0.2) is 4.77 Å². The number of aromatic amines is 1. The van der Waals surface area contributed by atoms with Gasteiger partial charge in [-0.1, -0.05) is 30.3 Å². The highest BCUT2D eigenvalue weighted by Crippen LogP contribution is 2.16. The molecular formula is C25H24N4O3S. The number of hydrogen-bond acceptors (Lipinski definition) is 5. The molecule has 1 amide bonds. The SMILES string of the molecule is O=C(c1ccc2c(=O)n(Cc3ccco3)c(=S)[nH]c2c1)N1CCN(Cc2ccccc2)CC1. The monoisotopic (exact) mass is 460 g/mol. The third-order valence-electron chi connectivity index (χ3n) is 6.03. The molecule has 8 heteroatoms. The number of furan rings is 1. The third-order valence-corrected chi connectivity index (χ3v) is 6.35. The van der Waals surface area contributed by atoms with E-state index in [4.69, 9.17) is 16.6 Å². The van der Waals surface area contributed by atoms with E-state index in [1.807, 2.05) is 23.1 Å². The second-order valence-corrected chi connectivity index (χ2v) is 8.60. The lowest BCUT2D eigenvalue weighted by molar-refractivity contribution is 0.0628. The Morgan fingerprint density at radius 3 is 2.48 bits per heavy atom. The maximum Gasteiger partial charge on any atom is 0.262 e. The van der Waals surface area contributed by atoms with Gasteiger partial charge in [-0.25, -0.2) is 0 Å². The minimum absolute atomic E-state index is 0.0321. The van der Waals surface area contributed by atoms with Gasteiger partial charge in [-0.2, -0.15) is 0 Å². The second-order valence-electron chi connectivity index (χ2n) is 8.22. The summed E-state index contributed by atoms with van der Waals surface area (Å²) in [6.45, 7) is 4.14. The number of benzene rings is 2. The summed E-state index contributed by atoms with van der Waals surface area (Å²) in [5.41, 5.74) is 2.18. The van der Waals surface area contributed by atoms with E-state index in [-0.39, 0.29) is 18.0 Å². The second kappa shape index (κ2) is 9.17. The molecule has 2 aromatic carbocycles. The summed E-state index contributed by atoms with van der Waals surface area (Å²) in [6, 6.07) is 19.1. The highest BCUT2D eigenvalue weighted by molar-refractivity contribution is 7.71. The molecule has 3 heterocycles. The molecule has 33 heavy (non-hydrogen) atoms. The summed E-state index contributed by atoms with van der Waals surface area (Å²) >= 11 is 5.41. The van der Waals surface area contributed by atoms with Crippen LogP contribution >= 0.6 is 12.2 Å². The zero-order chi connectivity index (χ0) is 22.8. The van der Waals surface area contributed by atoms with Gasteiger partial charge in [0.05, 0.1) is 23.7 Å². The number of piperazine rings is 1. The quantitative estimate of drug-likeness (QED) is 0.460. The largest absolute Gasteiger partial charge is 0.467 e. The molecule has 0 radical (unpaired) electrons. The molecule has 2 aromatic heterocycles. The van der Waals surface area contributed by atoms with Crippen LogP contribution in [0.5, 0.6) is 0 Å². The van der Waals surface area contributed by atoms with E-state index in [1.54, 1.807) is 36.6 Å². The van der Waals surface area contributed by atoms with Gasteiger partial charge in [0.25, 0.3) is 11.5 Å². The van der Waals surface area contributed by atoms with Crippen molar-refractivity contribution in [1.29, 1.82) is 0 Å². The summed E-state index contributed by atoms with van der Waals surface area (Å²) in [5.74, 6) is 0.615. The van der Waals surface area contributed by atoms with Crippen molar-refractivity contribution in [3.8, 4) is 0 Å². The fourth-order valence-electron chi connectivity index (χ4n) is 4.22. The number of carbonyl (C=O) groups excluding carboxylic acids is 1. The molecule has 0 aliphatic carbocycles. The minimum Gasteiger partial charge on any atom is -0.467 e. The molecule has 1 aliphatic heterocycles. The topological polar surface area (TPSA) is 74.5 Å². The molecule has 1 N–H and O–H groups in total. The molecule has 7 nitrogen and oxygen atoms in total. The lowest BCUT2D eigenvalue weighted by Crippen LogP contribution is -2.48. The number of amides is 1. The van der Waals surface area contributed by atoms with Crippen LogP contribution in [0.1, 0.15) is 21.7 Å². The van der Waals surface area contributed by atoms with Gasteiger partial charge in [0, 0.05) is 38.3 Å². The first-order valence-electron chi connectivity index (χ1n) is 10.9. The molecule has 0 unspecified atom stereocenters. The normalized spacial score (nSPS) is 14.6. The average molecular weight is 461 g/mol. The predicted molar refractivity (Wildman–Crippen MR) is 129 cm³/mol. The molecule has 5 rings (SSSR count). The Hall–Kier alpha value is -3.49. The average Bonchev–Trinajstić information content (AvgIpc) is 3.35. The first-order valence-corrected chi connectivity index (χ1v) is 11.3. The number of hydrogen-bond donors (Lipinski definition) is 1. The van der Waals surface area contributed by atoms with Crippen molar-refractivity contribution >= 4 is 29.0 Å². The van der Waals surface area contributed by atoms with Gasteiger partial charge in [-0.15, -0.1) is 0 Å². The van der Waals surface area contributed by atoms with E-state index in [2.05, 4.69) is 22.0 Å². The third kappa shape index (κ3) is 4.53. The number of nitrogens with zero attached hydrogens (tertiary/aromatic N) is 3. The number of aromatic nitrogens is 2. The van der Waals surface area contributed by atoms with Gasteiger partial charge < -0.3 is 14.3 Å². The number of fused-ring (bicyclic) bond motifs is 1. The molecule has 168 valence electrons. The highest BCUT2D eigenvalue weighted by Gasteiger charge is 2.22. The van der Waals surface area contributed by atoms with Crippen molar-refractivity contribution in [1.82, 2.24) is 19.4 Å². The summed E-state index contributed by atoms with van der Waals surface area (Å²) in [5, 5.41) is 0.486. The number of carbonyl (C=O) groups is 1. The first-order chi connectivity index (χ1) is 16.1. The van der Waals surface area contributed by atoms with Crippen LogP contribution in [0.3, 0.4) is 0 Å². The van der Waals surface area contributed by atoms with Gasteiger partial charge in [0.2, 0.25) is 0 Å². The van der Waals surface area contributed by atoms with E-state index in [0.29, 0.717) is 40.1 Å². The molecule has 0 atom stereocenters. The summed E-state index contributed by atoms with van der Waals surface area (Å²) < 4.78 is 7.10. The molecule has 1 fully saturated rings. The van der Waals surface area contributed by atoms with Crippen molar-refractivity contribution < 1.29 is 9.21 Å². The minimum atomic E-state index is -0.210. The van der Waals surface area contributed by atoms with Crippen molar-refractivity contribution in [3.05, 3.63) is 98.9 Å². The predicted octanol–water partition coefficient (Wildman–Crippen LogP) is 3.66. The van der Waals surface area contributed by atoms with Gasteiger partial charge in [0.1, 0.15) is 5.76 Å². The van der Waals surface area contributed by atoms with Crippen LogP contribution in [-0.4, -0.2) is 51.4 Å². The van der Waals surface area contributed by atoms with Gasteiger partial charge in [-0.3, -0.25) is 19.1 Å². The van der Waals surface area contributed by atoms with Gasteiger partial charge >= 0.3 is 0 Å². The van der Waals surface area contributed by atoms with Crippen LogP contribution in [0.4, 0.5) is 0 Å². The maximum atomic E-state index is 13.1. The Balaban J connectivity index is 1.31. The van der Waals surface area contributed by atoms with E-state index in [9.17, 15) is 9.59 Å². The standard InChI is InChI=1S/C25H24N4O3S/c30-23(28-12-10-27(11-13-28)16-18-5-2-1-3-6-18)19-8-9-21-22(15-19)26-25(33)29(24(21)31)17-20-7-4-14-32-20/h1-9,14-15H,10-13,16-17H2,(H,26,33). The number of nitrogens with one attached hydrogen (secondary N) is 1. The Morgan fingerprint density at radius 1 is 0.970 bits per heavy atom. The molecule has 0 saturated carbocycles. The maximum absolute atomic E-state index is 13.1. The molecule has 0 bridgehead atoms. The Morgan fingerprint density at radius 2 is 1.76 bits per heavy atom. The first kappa shape index (κ1) is 21.4. The van der Waals surface area contributed by atoms with E-state index in [0.717, 1.165) is 19.6 Å². The van der Waals surface area contributed by atoms with Crippen LogP contribution in [0.25, 0.3) is 10.9 Å². The summed E-state index contributed by atoms with van der Waals surface area (Å²) in [7, 11) is 0. The molecule has 4 aromatic rings. The lowest BCUT2D eigenvalue weighted by Gasteiger charge is -2.34. The molecule has 1 saturated heterocycles. The molecule has 0 spiro atoms. The smallest absolute Gasteiger partial charge is 0.262 e. The van der Waals surface area contributed by atoms with Gasteiger partial charge in [-0.05, 0) is 48.1 Å². The number of rotatable bonds is 5. The molecule has 1 aliphatic rings. The Kier molecular flexibility index (Phi) is 5.93.